The number of carbonyl (C=O) groups excluding carboxylic acids is 2. The average molecular weight is 557 g/mol. The first-order valence-corrected chi connectivity index (χ1v) is 14.3. The molecule has 38 heavy (non-hydrogen) atoms. The molecule has 1 aromatic heterocycles. The number of rotatable bonds is 9. The fourth-order valence-electron chi connectivity index (χ4n) is 5.12. The van der Waals surface area contributed by atoms with Gasteiger partial charge < -0.3 is 14.4 Å². The zero-order valence-electron chi connectivity index (χ0n) is 21.8. The topological polar surface area (TPSA) is 75.2 Å². The lowest BCUT2D eigenvalue weighted by Gasteiger charge is -2.35. The van der Waals surface area contributed by atoms with E-state index in [9.17, 15) is 9.59 Å². The van der Waals surface area contributed by atoms with Crippen molar-refractivity contribution in [3.8, 4) is 0 Å². The molecule has 0 radical (unpaired) electrons. The molecule has 0 saturated carbocycles. The minimum atomic E-state index is -0.766. The molecule has 8 nitrogen and oxygen atoms in total. The van der Waals surface area contributed by atoms with E-state index in [0.29, 0.717) is 10.7 Å². The molecule has 3 heterocycles. The molecular weight excluding hydrogens is 524 g/mol. The van der Waals surface area contributed by atoms with Crippen LogP contribution in [0.25, 0.3) is 10.1 Å². The third kappa shape index (κ3) is 5.90. The first kappa shape index (κ1) is 26.7. The second-order valence-corrected chi connectivity index (χ2v) is 11.1. The molecule has 1 amide bonds. The van der Waals surface area contributed by atoms with Crippen LogP contribution in [0.3, 0.4) is 0 Å². The number of piperazine rings is 1. The molecular formula is C28H33ClN4O4S. The normalized spacial score (nSPS) is 16.7. The Bertz CT molecular complexity index is 1310. The monoisotopic (exact) mass is 556 g/mol. The third-order valence-corrected chi connectivity index (χ3v) is 8.38. The number of benzene rings is 2. The predicted octanol–water partition coefficient (Wildman–Crippen LogP) is 5.50. The molecule has 0 spiro atoms. The molecule has 5 rings (SSSR count). The molecule has 2 aliphatic rings. The van der Waals surface area contributed by atoms with Gasteiger partial charge in [-0.15, -0.1) is 0 Å². The van der Waals surface area contributed by atoms with Gasteiger partial charge in [0.1, 0.15) is 11.9 Å². The van der Waals surface area contributed by atoms with E-state index in [1.165, 1.54) is 15.0 Å². The molecule has 10 heteroatoms. The van der Waals surface area contributed by atoms with Crippen LogP contribution < -0.4 is 9.80 Å². The van der Waals surface area contributed by atoms with Crippen LogP contribution in [0.5, 0.6) is 0 Å². The third-order valence-electron chi connectivity index (χ3n) is 7.21. The number of fused-ring (bicyclic) bond motifs is 2. The summed E-state index contributed by atoms with van der Waals surface area (Å²) in [6.07, 6.45) is 1.76. The highest BCUT2D eigenvalue weighted by molar-refractivity contribution is 7.13. The summed E-state index contributed by atoms with van der Waals surface area (Å²) >= 11 is 8.20. The van der Waals surface area contributed by atoms with Crippen molar-refractivity contribution in [1.82, 2.24) is 9.27 Å². The molecule has 0 aliphatic carbocycles. The molecule has 1 atom stereocenters. The summed E-state index contributed by atoms with van der Waals surface area (Å²) < 4.78 is 16.4. The number of halogens is 1. The largest absolute Gasteiger partial charge is 0.510 e. The molecule has 3 aromatic rings. The van der Waals surface area contributed by atoms with Crippen molar-refractivity contribution in [2.45, 2.75) is 45.6 Å². The van der Waals surface area contributed by atoms with Gasteiger partial charge in [0.15, 0.2) is 6.73 Å². The van der Waals surface area contributed by atoms with Crippen LogP contribution in [0, 0.1) is 0 Å². The Hall–Kier alpha value is -2.88. The van der Waals surface area contributed by atoms with E-state index in [4.69, 9.17) is 25.4 Å². The second-order valence-electron chi connectivity index (χ2n) is 9.89. The Morgan fingerprint density at radius 1 is 1.18 bits per heavy atom. The number of hydrogen-bond acceptors (Lipinski definition) is 8. The Balaban J connectivity index is 1.14. The summed E-state index contributed by atoms with van der Waals surface area (Å²) in [5.41, 5.74) is 2.63. The lowest BCUT2D eigenvalue weighted by atomic mass is 10.1. The predicted molar refractivity (Wildman–Crippen MR) is 151 cm³/mol. The van der Waals surface area contributed by atoms with Gasteiger partial charge in [-0.3, -0.25) is 14.6 Å². The second kappa shape index (κ2) is 11.9. The summed E-state index contributed by atoms with van der Waals surface area (Å²) in [7, 11) is 0. The standard InChI is InChI=1S/C28H33ClN4O4S/c1-3-6-19(2)37-28(35)36-18-33-24-17-23(29)20(15-21(24)16-26(33)34)9-10-31-11-13-32(14-12-31)27-22-7-4-5-8-25(22)38-30-27/h4-5,7-8,15,17,19H,3,6,9-14,16,18H2,1-2H3. The van der Waals surface area contributed by atoms with Crippen molar-refractivity contribution in [1.29, 1.82) is 0 Å². The van der Waals surface area contributed by atoms with E-state index in [-0.39, 0.29) is 25.2 Å². The van der Waals surface area contributed by atoms with E-state index >= 15 is 0 Å². The van der Waals surface area contributed by atoms with Gasteiger partial charge in [0.2, 0.25) is 5.91 Å². The van der Waals surface area contributed by atoms with Crippen LogP contribution in [-0.2, 0) is 27.1 Å². The lowest BCUT2D eigenvalue weighted by Crippen LogP contribution is -2.47. The van der Waals surface area contributed by atoms with Crippen molar-refractivity contribution in [3.63, 3.8) is 0 Å². The molecule has 2 aliphatic heterocycles. The smallest absolute Gasteiger partial charge is 0.431 e. The minimum Gasteiger partial charge on any atom is -0.431 e. The highest BCUT2D eigenvalue weighted by atomic mass is 35.5. The van der Waals surface area contributed by atoms with Crippen molar-refractivity contribution < 1.29 is 19.1 Å². The maximum Gasteiger partial charge on any atom is 0.510 e. The highest BCUT2D eigenvalue weighted by Gasteiger charge is 2.30. The van der Waals surface area contributed by atoms with Gasteiger partial charge in [0.05, 0.1) is 16.8 Å². The van der Waals surface area contributed by atoms with Crippen molar-refractivity contribution in [2.75, 3.05) is 49.3 Å². The number of amides is 1. The number of aromatic nitrogens is 1. The lowest BCUT2D eigenvalue weighted by molar-refractivity contribution is -0.118. The zero-order valence-corrected chi connectivity index (χ0v) is 23.4. The van der Waals surface area contributed by atoms with Gasteiger partial charge >= 0.3 is 6.16 Å². The van der Waals surface area contributed by atoms with Crippen LogP contribution >= 0.6 is 23.1 Å². The summed E-state index contributed by atoms with van der Waals surface area (Å²) in [6, 6.07) is 12.2. The fourth-order valence-corrected chi connectivity index (χ4v) is 6.17. The van der Waals surface area contributed by atoms with Gasteiger partial charge in [0, 0.05) is 43.1 Å². The van der Waals surface area contributed by atoms with Gasteiger partial charge in [-0.2, -0.15) is 4.37 Å². The van der Waals surface area contributed by atoms with Crippen molar-refractivity contribution in [2.24, 2.45) is 0 Å². The molecule has 0 N–H and O–H groups in total. The summed E-state index contributed by atoms with van der Waals surface area (Å²) in [6.45, 7) is 8.36. The summed E-state index contributed by atoms with van der Waals surface area (Å²) in [4.78, 5) is 30.9. The Labute approximate surface area is 232 Å². The van der Waals surface area contributed by atoms with Crippen LogP contribution in [-0.4, -0.2) is 66.9 Å². The average Bonchev–Trinajstić information content (AvgIpc) is 3.46. The quantitative estimate of drug-likeness (QED) is 0.322. The van der Waals surface area contributed by atoms with Crippen LogP contribution in [0.15, 0.2) is 36.4 Å². The number of carbonyl (C=O) groups is 2. The molecule has 202 valence electrons. The van der Waals surface area contributed by atoms with Gasteiger partial charge in [0.25, 0.3) is 0 Å². The van der Waals surface area contributed by atoms with Gasteiger partial charge in [-0.25, -0.2) is 4.79 Å². The van der Waals surface area contributed by atoms with Crippen LogP contribution in [0.4, 0.5) is 16.3 Å². The van der Waals surface area contributed by atoms with E-state index in [2.05, 4.69) is 34.1 Å². The fraction of sp³-hybridized carbons (Fsp3) is 0.464. The van der Waals surface area contributed by atoms with E-state index in [0.717, 1.165) is 68.9 Å². The Morgan fingerprint density at radius 3 is 2.76 bits per heavy atom. The van der Waals surface area contributed by atoms with Crippen molar-refractivity contribution in [3.05, 3.63) is 52.5 Å². The molecule has 1 fully saturated rings. The SMILES string of the molecule is CCCC(C)OC(=O)OCN1C(=O)Cc2cc(CCN3CCN(c4nsc5ccccc45)CC3)c(Cl)cc21. The minimum absolute atomic E-state index is 0.117. The summed E-state index contributed by atoms with van der Waals surface area (Å²) in [5.74, 6) is 0.974. The van der Waals surface area contributed by atoms with Crippen LogP contribution in [0.1, 0.15) is 37.8 Å². The summed E-state index contributed by atoms with van der Waals surface area (Å²) in [5, 5.41) is 1.85. The van der Waals surface area contributed by atoms with Gasteiger partial charge in [-0.05, 0) is 60.6 Å². The van der Waals surface area contributed by atoms with Crippen LogP contribution in [0.2, 0.25) is 5.02 Å². The molecule has 1 saturated heterocycles. The number of hydrogen-bond donors (Lipinski definition) is 0. The first-order valence-electron chi connectivity index (χ1n) is 13.2. The maximum atomic E-state index is 12.6. The van der Waals surface area contributed by atoms with E-state index in [1.54, 1.807) is 11.5 Å². The molecule has 0 bridgehead atoms. The molecule has 2 aromatic carbocycles. The number of anilines is 2. The van der Waals surface area contributed by atoms with Gasteiger partial charge in [-0.1, -0.05) is 43.1 Å². The zero-order chi connectivity index (χ0) is 26.6. The highest BCUT2D eigenvalue weighted by Crippen LogP contribution is 2.34. The Kier molecular flexibility index (Phi) is 8.35. The molecule has 1 unspecified atom stereocenters. The first-order chi connectivity index (χ1) is 18.4. The Morgan fingerprint density at radius 2 is 1.97 bits per heavy atom. The van der Waals surface area contributed by atoms with Crippen molar-refractivity contribution >= 4 is 56.8 Å². The number of ether oxygens (including phenoxy) is 2. The van der Waals surface area contributed by atoms with E-state index in [1.807, 2.05) is 26.0 Å². The maximum absolute atomic E-state index is 12.6. The van der Waals surface area contributed by atoms with E-state index < -0.39 is 6.16 Å². The number of nitrogens with zero attached hydrogens (tertiary/aromatic N) is 4.